The Morgan fingerprint density at radius 2 is 2.04 bits per heavy atom. The molecule has 1 aromatic heterocycles. The average molecular weight is 370 g/mol. The minimum absolute atomic E-state index is 0.0752. The van der Waals surface area contributed by atoms with Crippen LogP contribution in [0.5, 0.6) is 0 Å². The van der Waals surface area contributed by atoms with Crippen molar-refractivity contribution in [2.75, 3.05) is 11.9 Å². The van der Waals surface area contributed by atoms with E-state index in [9.17, 15) is 14.4 Å². The lowest BCUT2D eigenvalue weighted by molar-refractivity contribution is -0.157. The van der Waals surface area contributed by atoms with Crippen molar-refractivity contribution in [2.24, 2.45) is 5.92 Å². The Hall–Kier alpha value is -3.09. The van der Waals surface area contributed by atoms with Crippen LogP contribution < -0.4 is 5.32 Å². The van der Waals surface area contributed by atoms with Crippen molar-refractivity contribution < 1.29 is 23.5 Å². The van der Waals surface area contributed by atoms with Crippen molar-refractivity contribution in [3.63, 3.8) is 0 Å². The number of nitrogens with zero attached hydrogens (tertiary/aromatic N) is 1. The van der Waals surface area contributed by atoms with E-state index in [2.05, 4.69) is 5.32 Å². The van der Waals surface area contributed by atoms with Gasteiger partial charge in [-0.3, -0.25) is 14.4 Å². The van der Waals surface area contributed by atoms with Gasteiger partial charge in [0.25, 0.3) is 5.91 Å². The summed E-state index contributed by atoms with van der Waals surface area (Å²) in [6.07, 6.45) is 0.662. The Balaban J connectivity index is 1.51. The SMILES string of the molecule is Cc1ccc(NC(=O)[C@H](C)OC(=O)[C@@H]2CC(=O)N(Cc3ccco3)C2)cc1. The molecule has 0 radical (unpaired) electrons. The first kappa shape index (κ1) is 18.7. The molecular formula is C20H22N2O5. The summed E-state index contributed by atoms with van der Waals surface area (Å²) in [4.78, 5) is 38.2. The maximum absolute atomic E-state index is 12.3. The number of ether oxygens (including phenoxy) is 1. The van der Waals surface area contributed by atoms with Gasteiger partial charge in [0.05, 0.1) is 18.7 Å². The van der Waals surface area contributed by atoms with E-state index in [1.54, 1.807) is 29.2 Å². The highest BCUT2D eigenvalue weighted by molar-refractivity contribution is 5.95. The zero-order chi connectivity index (χ0) is 19.4. The molecule has 1 aromatic carbocycles. The van der Waals surface area contributed by atoms with E-state index in [1.165, 1.54) is 13.2 Å². The smallest absolute Gasteiger partial charge is 0.312 e. The van der Waals surface area contributed by atoms with Crippen molar-refractivity contribution in [3.8, 4) is 0 Å². The van der Waals surface area contributed by atoms with Crippen molar-refractivity contribution in [3.05, 3.63) is 54.0 Å². The zero-order valence-corrected chi connectivity index (χ0v) is 15.3. The molecule has 1 fully saturated rings. The number of furan rings is 1. The van der Waals surface area contributed by atoms with E-state index in [4.69, 9.17) is 9.15 Å². The van der Waals surface area contributed by atoms with Gasteiger partial charge in [0.1, 0.15) is 5.76 Å². The lowest BCUT2D eigenvalue weighted by Gasteiger charge is -2.17. The second kappa shape index (κ2) is 8.07. The number of amides is 2. The van der Waals surface area contributed by atoms with Gasteiger partial charge in [0.2, 0.25) is 5.91 Å². The van der Waals surface area contributed by atoms with Crippen molar-refractivity contribution in [2.45, 2.75) is 32.9 Å². The van der Waals surface area contributed by atoms with Crippen LogP contribution in [0.15, 0.2) is 47.1 Å². The molecule has 1 N–H and O–H groups in total. The molecule has 0 unspecified atom stereocenters. The third kappa shape index (κ3) is 4.75. The number of nitrogens with one attached hydrogen (secondary N) is 1. The second-order valence-corrected chi connectivity index (χ2v) is 6.69. The first-order valence-corrected chi connectivity index (χ1v) is 8.80. The summed E-state index contributed by atoms with van der Waals surface area (Å²) in [6, 6.07) is 10.8. The minimum atomic E-state index is -0.951. The van der Waals surface area contributed by atoms with Crippen LogP contribution >= 0.6 is 0 Å². The summed E-state index contributed by atoms with van der Waals surface area (Å²) in [5.74, 6) is -1.02. The number of aryl methyl sites for hydroxylation is 1. The van der Waals surface area contributed by atoms with Gasteiger partial charge in [0.15, 0.2) is 6.10 Å². The molecule has 1 aliphatic rings. The fourth-order valence-corrected chi connectivity index (χ4v) is 2.88. The topological polar surface area (TPSA) is 88.8 Å². The molecule has 142 valence electrons. The summed E-state index contributed by atoms with van der Waals surface area (Å²) >= 11 is 0. The monoisotopic (exact) mass is 370 g/mol. The third-order valence-electron chi connectivity index (χ3n) is 4.46. The van der Waals surface area contributed by atoms with Gasteiger partial charge in [-0.15, -0.1) is 0 Å². The number of anilines is 1. The molecule has 1 saturated heterocycles. The molecule has 2 amide bonds. The Morgan fingerprint density at radius 3 is 2.70 bits per heavy atom. The first-order valence-electron chi connectivity index (χ1n) is 8.80. The summed E-state index contributed by atoms with van der Waals surface area (Å²) in [7, 11) is 0. The minimum Gasteiger partial charge on any atom is -0.467 e. The fraction of sp³-hybridized carbons (Fsp3) is 0.350. The predicted octanol–water partition coefficient (Wildman–Crippen LogP) is 2.51. The van der Waals surface area contributed by atoms with Gasteiger partial charge in [-0.1, -0.05) is 17.7 Å². The van der Waals surface area contributed by atoms with Crippen LogP contribution in [-0.4, -0.2) is 35.3 Å². The lowest BCUT2D eigenvalue weighted by Crippen LogP contribution is -2.33. The largest absolute Gasteiger partial charge is 0.467 e. The second-order valence-electron chi connectivity index (χ2n) is 6.69. The lowest BCUT2D eigenvalue weighted by atomic mass is 10.1. The molecule has 27 heavy (non-hydrogen) atoms. The molecule has 3 rings (SSSR count). The van der Waals surface area contributed by atoms with Crippen LogP contribution in [0.25, 0.3) is 0 Å². The molecule has 0 spiro atoms. The van der Waals surface area contributed by atoms with Crippen molar-refractivity contribution >= 4 is 23.5 Å². The van der Waals surface area contributed by atoms with Crippen LogP contribution in [0.2, 0.25) is 0 Å². The number of rotatable bonds is 6. The quantitative estimate of drug-likeness (QED) is 0.789. The number of likely N-dealkylation sites (tertiary alicyclic amines) is 1. The molecule has 2 heterocycles. The molecular weight excluding hydrogens is 348 g/mol. The highest BCUT2D eigenvalue weighted by Crippen LogP contribution is 2.22. The average Bonchev–Trinajstić information content (AvgIpc) is 3.27. The molecule has 7 nitrogen and oxygen atoms in total. The zero-order valence-electron chi connectivity index (χ0n) is 15.3. The van der Waals surface area contributed by atoms with Gasteiger partial charge < -0.3 is 19.4 Å². The summed E-state index contributed by atoms with van der Waals surface area (Å²) in [5, 5.41) is 2.71. The molecule has 0 saturated carbocycles. The number of carbonyl (C=O) groups excluding carboxylic acids is 3. The van der Waals surface area contributed by atoms with Gasteiger partial charge in [-0.25, -0.2) is 0 Å². The number of hydrogen-bond donors (Lipinski definition) is 1. The third-order valence-corrected chi connectivity index (χ3v) is 4.46. The predicted molar refractivity (Wildman–Crippen MR) is 97.6 cm³/mol. The van der Waals surface area contributed by atoms with Gasteiger partial charge >= 0.3 is 5.97 Å². The van der Waals surface area contributed by atoms with Crippen LogP contribution in [0.3, 0.4) is 0 Å². The molecule has 7 heteroatoms. The first-order chi connectivity index (χ1) is 12.9. The normalized spacial score (nSPS) is 17.6. The highest BCUT2D eigenvalue weighted by atomic mass is 16.5. The van der Waals surface area contributed by atoms with E-state index >= 15 is 0 Å². The maximum atomic E-state index is 12.3. The summed E-state index contributed by atoms with van der Waals surface area (Å²) in [6.45, 7) is 4.04. The molecule has 0 aliphatic carbocycles. The molecule has 1 aliphatic heterocycles. The van der Waals surface area contributed by atoms with E-state index in [-0.39, 0.29) is 18.9 Å². The Morgan fingerprint density at radius 1 is 1.30 bits per heavy atom. The molecule has 2 atom stereocenters. The van der Waals surface area contributed by atoms with Crippen LogP contribution in [0.4, 0.5) is 5.69 Å². The maximum Gasteiger partial charge on any atom is 0.312 e. The Labute approximate surface area is 157 Å². The van der Waals surface area contributed by atoms with E-state index in [0.29, 0.717) is 18.0 Å². The molecule has 2 aromatic rings. The Kier molecular flexibility index (Phi) is 5.59. The number of esters is 1. The van der Waals surface area contributed by atoms with Crippen LogP contribution in [0.1, 0.15) is 24.7 Å². The number of hydrogen-bond acceptors (Lipinski definition) is 5. The Bertz CT molecular complexity index is 813. The van der Waals surface area contributed by atoms with E-state index in [0.717, 1.165) is 5.56 Å². The van der Waals surface area contributed by atoms with Gasteiger partial charge in [-0.2, -0.15) is 0 Å². The van der Waals surface area contributed by atoms with Gasteiger partial charge in [-0.05, 0) is 38.1 Å². The van der Waals surface area contributed by atoms with Gasteiger partial charge in [0, 0.05) is 18.7 Å². The van der Waals surface area contributed by atoms with Crippen LogP contribution in [-0.2, 0) is 25.7 Å². The van der Waals surface area contributed by atoms with Crippen molar-refractivity contribution in [1.29, 1.82) is 0 Å². The number of carbonyl (C=O) groups is 3. The van der Waals surface area contributed by atoms with E-state index in [1.807, 2.05) is 19.1 Å². The summed E-state index contributed by atoms with van der Waals surface area (Å²) in [5.41, 5.74) is 1.71. The summed E-state index contributed by atoms with van der Waals surface area (Å²) < 4.78 is 10.5. The fourth-order valence-electron chi connectivity index (χ4n) is 2.88. The van der Waals surface area contributed by atoms with Crippen molar-refractivity contribution in [1.82, 2.24) is 4.90 Å². The standard InChI is InChI=1S/C20H22N2O5/c1-13-5-7-16(8-6-13)21-19(24)14(2)27-20(25)15-10-18(23)22(11-15)12-17-4-3-9-26-17/h3-9,14-15H,10-12H2,1-2H3,(H,21,24)/t14-,15+/m0/s1. The number of benzene rings is 1. The highest BCUT2D eigenvalue weighted by Gasteiger charge is 2.36. The van der Waals surface area contributed by atoms with E-state index < -0.39 is 23.9 Å². The molecule has 0 bridgehead atoms. The van der Waals surface area contributed by atoms with Crippen LogP contribution in [0, 0.1) is 12.8 Å².